The van der Waals surface area contributed by atoms with Crippen molar-refractivity contribution in [1.29, 1.82) is 0 Å². The van der Waals surface area contributed by atoms with E-state index in [1.165, 1.54) is 0 Å². The minimum Gasteiger partial charge on any atom is -0.481 e. The highest BCUT2D eigenvalue weighted by Gasteiger charge is 2.34. The second kappa shape index (κ2) is 5.63. The van der Waals surface area contributed by atoms with Crippen molar-refractivity contribution in [2.45, 2.75) is 37.9 Å². The number of aliphatic carboxylic acids is 1. The molecule has 112 valence electrons. The number of urea groups is 1. The van der Waals surface area contributed by atoms with Gasteiger partial charge in [0.1, 0.15) is 5.76 Å². The maximum atomic E-state index is 12.4. The number of carbonyl (C=O) groups is 2. The number of hydrogen-bond donors (Lipinski definition) is 2. The van der Waals surface area contributed by atoms with E-state index in [2.05, 4.69) is 5.32 Å². The van der Waals surface area contributed by atoms with Crippen molar-refractivity contribution in [2.24, 2.45) is 5.92 Å². The van der Waals surface area contributed by atoms with Gasteiger partial charge in [0.15, 0.2) is 0 Å². The Kier molecular flexibility index (Phi) is 3.68. The van der Waals surface area contributed by atoms with Gasteiger partial charge in [-0.3, -0.25) is 4.79 Å². The van der Waals surface area contributed by atoms with Crippen LogP contribution in [0.5, 0.6) is 0 Å². The SMILES string of the molecule is O=C(O)C1C=CC(NC(=O)N(Cc2ccco2)C2CC2)C1. The summed E-state index contributed by atoms with van der Waals surface area (Å²) in [6.07, 6.45) is 7.42. The van der Waals surface area contributed by atoms with E-state index in [9.17, 15) is 9.59 Å². The van der Waals surface area contributed by atoms with Crippen LogP contribution in [-0.2, 0) is 11.3 Å². The lowest BCUT2D eigenvalue weighted by atomic mass is 10.1. The first-order valence-corrected chi connectivity index (χ1v) is 7.14. The summed E-state index contributed by atoms with van der Waals surface area (Å²) in [5, 5.41) is 11.8. The Hall–Kier alpha value is -2.24. The van der Waals surface area contributed by atoms with Gasteiger partial charge in [0.2, 0.25) is 0 Å². The molecule has 2 aliphatic rings. The van der Waals surface area contributed by atoms with Crippen molar-refractivity contribution in [3.8, 4) is 0 Å². The van der Waals surface area contributed by atoms with Crippen molar-refractivity contribution in [2.75, 3.05) is 0 Å². The van der Waals surface area contributed by atoms with Gasteiger partial charge in [0, 0.05) is 6.04 Å². The van der Waals surface area contributed by atoms with Crippen molar-refractivity contribution in [3.05, 3.63) is 36.3 Å². The first kappa shape index (κ1) is 13.7. The van der Waals surface area contributed by atoms with Crippen LogP contribution in [-0.4, -0.2) is 34.1 Å². The molecule has 2 N–H and O–H groups in total. The van der Waals surface area contributed by atoms with E-state index in [0.717, 1.165) is 18.6 Å². The van der Waals surface area contributed by atoms with Crippen LogP contribution in [0.15, 0.2) is 35.0 Å². The molecular weight excluding hydrogens is 272 g/mol. The quantitative estimate of drug-likeness (QED) is 0.812. The van der Waals surface area contributed by atoms with E-state index in [4.69, 9.17) is 9.52 Å². The molecule has 0 spiro atoms. The Bertz CT molecular complexity index is 548. The van der Waals surface area contributed by atoms with Crippen molar-refractivity contribution >= 4 is 12.0 Å². The summed E-state index contributed by atoms with van der Waals surface area (Å²) < 4.78 is 5.30. The maximum Gasteiger partial charge on any atom is 0.318 e. The van der Waals surface area contributed by atoms with E-state index >= 15 is 0 Å². The third-order valence-electron chi connectivity index (χ3n) is 3.86. The molecule has 0 radical (unpaired) electrons. The summed E-state index contributed by atoms with van der Waals surface area (Å²) in [5.41, 5.74) is 0. The molecule has 2 aliphatic carbocycles. The van der Waals surface area contributed by atoms with Crippen LogP contribution in [0.25, 0.3) is 0 Å². The van der Waals surface area contributed by atoms with E-state index in [1.807, 2.05) is 6.07 Å². The second-order valence-corrected chi connectivity index (χ2v) is 5.56. The van der Waals surface area contributed by atoms with Crippen LogP contribution >= 0.6 is 0 Å². The highest BCUT2D eigenvalue weighted by atomic mass is 16.4. The zero-order valence-electron chi connectivity index (χ0n) is 11.6. The van der Waals surface area contributed by atoms with Gasteiger partial charge in [0.25, 0.3) is 0 Å². The number of furan rings is 1. The van der Waals surface area contributed by atoms with Gasteiger partial charge in [0.05, 0.1) is 24.8 Å². The molecule has 6 nitrogen and oxygen atoms in total. The average Bonchev–Trinajstić information content (AvgIpc) is 2.97. The van der Waals surface area contributed by atoms with Gasteiger partial charge in [-0.15, -0.1) is 0 Å². The largest absolute Gasteiger partial charge is 0.481 e. The number of amides is 2. The third-order valence-corrected chi connectivity index (χ3v) is 3.86. The van der Waals surface area contributed by atoms with E-state index in [1.54, 1.807) is 29.4 Å². The molecule has 1 aromatic rings. The van der Waals surface area contributed by atoms with Gasteiger partial charge in [-0.1, -0.05) is 12.2 Å². The Balaban J connectivity index is 1.58. The first-order chi connectivity index (χ1) is 10.1. The molecule has 3 rings (SSSR count). The summed E-state index contributed by atoms with van der Waals surface area (Å²) in [7, 11) is 0. The maximum absolute atomic E-state index is 12.4. The number of hydrogen-bond acceptors (Lipinski definition) is 3. The molecular formula is C15H18N2O4. The predicted octanol–water partition coefficient (Wildman–Crippen LogP) is 1.98. The lowest BCUT2D eigenvalue weighted by molar-refractivity contribution is -0.140. The predicted molar refractivity (Wildman–Crippen MR) is 74.5 cm³/mol. The standard InChI is InChI=1S/C15H18N2O4/c18-14(19)10-3-4-11(8-10)16-15(20)17(12-5-6-12)9-13-2-1-7-21-13/h1-4,7,10-12H,5-6,8-9H2,(H,16,20)(H,18,19). The molecule has 1 aromatic heterocycles. The molecule has 2 atom stereocenters. The molecule has 6 heteroatoms. The van der Waals surface area contributed by atoms with Gasteiger partial charge >= 0.3 is 12.0 Å². The molecule has 1 heterocycles. The molecule has 1 fully saturated rings. The Morgan fingerprint density at radius 3 is 2.76 bits per heavy atom. The number of rotatable bonds is 5. The molecule has 0 bridgehead atoms. The second-order valence-electron chi connectivity index (χ2n) is 5.56. The molecule has 1 saturated carbocycles. The van der Waals surface area contributed by atoms with Crippen LogP contribution in [0.1, 0.15) is 25.0 Å². The van der Waals surface area contributed by atoms with Crippen molar-refractivity contribution < 1.29 is 19.1 Å². The smallest absolute Gasteiger partial charge is 0.318 e. The summed E-state index contributed by atoms with van der Waals surface area (Å²) in [6.45, 7) is 0.447. The summed E-state index contributed by atoms with van der Waals surface area (Å²) in [4.78, 5) is 25.0. The number of carboxylic acid groups (broad SMARTS) is 1. The highest BCUT2D eigenvalue weighted by molar-refractivity contribution is 5.77. The van der Waals surface area contributed by atoms with Crippen molar-refractivity contribution in [1.82, 2.24) is 10.2 Å². The minimum absolute atomic E-state index is 0.158. The minimum atomic E-state index is -0.849. The van der Waals surface area contributed by atoms with Crippen LogP contribution in [0.2, 0.25) is 0 Å². The topological polar surface area (TPSA) is 82.8 Å². The van der Waals surface area contributed by atoms with Gasteiger partial charge in [-0.2, -0.15) is 0 Å². The highest BCUT2D eigenvalue weighted by Crippen LogP contribution is 2.29. The Labute approximate surface area is 122 Å². The fourth-order valence-corrected chi connectivity index (χ4v) is 2.55. The van der Waals surface area contributed by atoms with Crippen molar-refractivity contribution in [3.63, 3.8) is 0 Å². The molecule has 2 amide bonds. The fraction of sp³-hybridized carbons (Fsp3) is 0.467. The normalized spacial score (nSPS) is 24.0. The average molecular weight is 290 g/mol. The molecule has 0 aromatic carbocycles. The summed E-state index contributed by atoms with van der Waals surface area (Å²) in [6, 6.07) is 3.54. The Morgan fingerprint density at radius 2 is 2.19 bits per heavy atom. The summed E-state index contributed by atoms with van der Waals surface area (Å²) >= 11 is 0. The number of carboxylic acids is 1. The van der Waals surface area contributed by atoms with Gasteiger partial charge in [-0.25, -0.2) is 4.79 Å². The summed E-state index contributed by atoms with van der Waals surface area (Å²) in [5.74, 6) is -0.602. The number of nitrogens with zero attached hydrogens (tertiary/aromatic N) is 1. The molecule has 0 saturated heterocycles. The zero-order valence-corrected chi connectivity index (χ0v) is 11.6. The van der Waals surface area contributed by atoms with E-state index < -0.39 is 11.9 Å². The van der Waals surface area contributed by atoms with Crippen LogP contribution in [0.3, 0.4) is 0 Å². The Morgan fingerprint density at radius 1 is 1.38 bits per heavy atom. The van der Waals surface area contributed by atoms with Gasteiger partial charge < -0.3 is 19.7 Å². The van der Waals surface area contributed by atoms with Crippen LogP contribution in [0, 0.1) is 5.92 Å². The lowest BCUT2D eigenvalue weighted by Gasteiger charge is -2.24. The van der Waals surface area contributed by atoms with E-state index in [0.29, 0.717) is 13.0 Å². The van der Waals surface area contributed by atoms with Crippen LogP contribution in [0.4, 0.5) is 4.79 Å². The monoisotopic (exact) mass is 290 g/mol. The van der Waals surface area contributed by atoms with Gasteiger partial charge in [-0.05, 0) is 31.4 Å². The first-order valence-electron chi connectivity index (χ1n) is 7.14. The third kappa shape index (κ3) is 3.26. The molecule has 2 unspecified atom stereocenters. The lowest BCUT2D eigenvalue weighted by Crippen LogP contribution is -2.44. The zero-order chi connectivity index (χ0) is 14.8. The fourth-order valence-electron chi connectivity index (χ4n) is 2.55. The molecule has 0 aliphatic heterocycles. The van der Waals surface area contributed by atoms with Crippen LogP contribution < -0.4 is 5.32 Å². The number of nitrogens with one attached hydrogen (secondary N) is 1. The van der Waals surface area contributed by atoms with E-state index in [-0.39, 0.29) is 18.1 Å². The molecule has 21 heavy (non-hydrogen) atoms. The number of carbonyl (C=O) groups excluding carboxylic acids is 1.